The van der Waals surface area contributed by atoms with E-state index < -0.39 is 17.4 Å². The van der Waals surface area contributed by atoms with Crippen molar-refractivity contribution < 1.29 is 33.1 Å². The summed E-state index contributed by atoms with van der Waals surface area (Å²) in [6.07, 6.45) is 2.75. The number of rotatable bonds is 9. The van der Waals surface area contributed by atoms with Crippen LogP contribution in [0.5, 0.6) is 0 Å². The maximum Gasteiger partial charge on any atom is 0.311 e. The molecule has 0 radical (unpaired) electrons. The molecule has 1 aromatic carbocycles. The van der Waals surface area contributed by atoms with Crippen LogP contribution in [-0.4, -0.2) is 73.8 Å². The number of hydrogen-bond donors (Lipinski definition) is 0. The van der Waals surface area contributed by atoms with Gasteiger partial charge in [0.15, 0.2) is 0 Å². The fraction of sp³-hybridized carbons (Fsp3) is 0.500. The zero-order chi connectivity index (χ0) is 24.8. The van der Waals surface area contributed by atoms with Crippen LogP contribution in [0.25, 0.3) is 0 Å². The van der Waals surface area contributed by atoms with Crippen LogP contribution in [0.3, 0.4) is 0 Å². The molecule has 1 spiro atoms. The third-order valence-electron chi connectivity index (χ3n) is 7.10. The average molecular weight is 485 g/mol. The van der Waals surface area contributed by atoms with Gasteiger partial charge in [0.2, 0.25) is 11.8 Å². The molecule has 188 valence electrons. The van der Waals surface area contributed by atoms with Gasteiger partial charge in [0.05, 0.1) is 44.0 Å². The van der Waals surface area contributed by atoms with Gasteiger partial charge >= 0.3 is 5.97 Å². The number of carbonyl (C=O) groups is 3. The van der Waals surface area contributed by atoms with Gasteiger partial charge in [-0.3, -0.25) is 19.2 Å². The molecule has 2 aromatic rings. The molecule has 9 heteroatoms. The molecule has 2 saturated heterocycles. The zero-order valence-corrected chi connectivity index (χ0v) is 20.2. The van der Waals surface area contributed by atoms with Gasteiger partial charge in [0.25, 0.3) is 0 Å². The minimum Gasteiger partial charge on any atom is -0.469 e. The van der Waals surface area contributed by atoms with Crippen LogP contribution in [-0.2, 0) is 28.7 Å². The van der Waals surface area contributed by atoms with Crippen LogP contribution >= 0.6 is 0 Å². The highest BCUT2D eigenvalue weighted by atomic mass is 16.7. The highest BCUT2D eigenvalue weighted by molar-refractivity contribution is 5.88. The van der Waals surface area contributed by atoms with Crippen LogP contribution < -0.4 is 0 Å². The molecule has 2 aliphatic rings. The number of ether oxygens (including phenoxy) is 2. The summed E-state index contributed by atoms with van der Waals surface area (Å²) in [5.41, 5.74) is 0.170. The predicted octanol–water partition coefficient (Wildman–Crippen LogP) is 2.76. The molecule has 2 aliphatic heterocycles. The van der Waals surface area contributed by atoms with Crippen molar-refractivity contribution in [2.75, 3.05) is 40.5 Å². The van der Waals surface area contributed by atoms with Crippen molar-refractivity contribution in [1.29, 1.82) is 0 Å². The van der Waals surface area contributed by atoms with E-state index in [0.29, 0.717) is 32.5 Å². The molecule has 0 saturated carbocycles. The van der Waals surface area contributed by atoms with E-state index in [1.54, 1.807) is 18.3 Å². The molecule has 35 heavy (non-hydrogen) atoms. The number of esters is 1. The fourth-order valence-electron chi connectivity index (χ4n) is 5.25. The zero-order valence-electron chi connectivity index (χ0n) is 20.2. The number of nitrogens with zero attached hydrogens (tertiary/aromatic N) is 2. The number of hydroxylamine groups is 2. The Kier molecular flexibility index (Phi) is 7.87. The van der Waals surface area contributed by atoms with Crippen molar-refractivity contribution in [2.24, 2.45) is 5.92 Å². The summed E-state index contributed by atoms with van der Waals surface area (Å²) in [6, 6.07) is 13.5. The molecule has 2 atom stereocenters. The van der Waals surface area contributed by atoms with Gasteiger partial charge < -0.3 is 18.8 Å². The molecular formula is C26H32N2O7. The second-order valence-electron chi connectivity index (χ2n) is 8.96. The van der Waals surface area contributed by atoms with Gasteiger partial charge in [-0.2, -0.15) is 0 Å². The molecule has 9 nitrogen and oxygen atoms in total. The number of furan rings is 1. The maximum atomic E-state index is 13.4. The number of piperidine rings is 1. The summed E-state index contributed by atoms with van der Waals surface area (Å²) in [5.74, 6) is -0.783. The molecule has 2 fully saturated rings. The molecule has 3 heterocycles. The van der Waals surface area contributed by atoms with Crippen LogP contribution in [0.2, 0.25) is 0 Å². The number of amides is 2. The van der Waals surface area contributed by atoms with Crippen LogP contribution in [0.4, 0.5) is 0 Å². The fourth-order valence-corrected chi connectivity index (χ4v) is 5.25. The third-order valence-corrected chi connectivity index (χ3v) is 7.10. The Morgan fingerprint density at radius 2 is 1.83 bits per heavy atom. The van der Waals surface area contributed by atoms with E-state index in [0.717, 1.165) is 11.3 Å². The third kappa shape index (κ3) is 5.11. The molecule has 2 amide bonds. The van der Waals surface area contributed by atoms with E-state index >= 15 is 0 Å². The Morgan fingerprint density at radius 3 is 2.46 bits per heavy atom. The number of likely N-dealkylation sites (tertiary alicyclic amines) is 1. The lowest BCUT2D eigenvalue weighted by Crippen LogP contribution is -2.58. The lowest BCUT2D eigenvalue weighted by atomic mass is 9.77. The SMILES string of the molecule is COCCON1C(=O)CC(C(=O)OC)C12CCN(C(=O)CC(c1ccccc1)c1ccco1)CC2. The van der Waals surface area contributed by atoms with Gasteiger partial charge in [-0.05, 0) is 30.5 Å². The Labute approximate surface area is 204 Å². The van der Waals surface area contributed by atoms with Crippen molar-refractivity contribution in [1.82, 2.24) is 9.96 Å². The number of hydrogen-bond acceptors (Lipinski definition) is 7. The number of methoxy groups -OCH3 is 2. The highest BCUT2D eigenvalue weighted by Crippen LogP contribution is 2.44. The van der Waals surface area contributed by atoms with Gasteiger partial charge in [-0.25, -0.2) is 5.06 Å². The van der Waals surface area contributed by atoms with Crippen molar-refractivity contribution >= 4 is 17.8 Å². The van der Waals surface area contributed by atoms with E-state index in [1.165, 1.54) is 12.2 Å². The largest absolute Gasteiger partial charge is 0.469 e. The van der Waals surface area contributed by atoms with Gasteiger partial charge in [-0.1, -0.05) is 30.3 Å². The second-order valence-corrected chi connectivity index (χ2v) is 8.96. The van der Waals surface area contributed by atoms with Gasteiger partial charge in [0.1, 0.15) is 5.76 Å². The lowest BCUT2D eigenvalue weighted by molar-refractivity contribution is -0.226. The normalized spacial score (nSPS) is 20.3. The van der Waals surface area contributed by atoms with E-state index in [-0.39, 0.29) is 37.2 Å². The summed E-state index contributed by atoms with van der Waals surface area (Å²) in [5, 5.41) is 1.35. The molecule has 0 aliphatic carbocycles. The number of carbonyl (C=O) groups excluding carboxylic acids is 3. The molecule has 1 aromatic heterocycles. The predicted molar refractivity (Wildman–Crippen MR) is 125 cm³/mol. The maximum absolute atomic E-state index is 13.4. The first-order valence-corrected chi connectivity index (χ1v) is 11.9. The lowest BCUT2D eigenvalue weighted by Gasteiger charge is -2.45. The summed E-state index contributed by atoms with van der Waals surface area (Å²) in [7, 11) is 2.88. The first-order chi connectivity index (χ1) is 17.0. The highest BCUT2D eigenvalue weighted by Gasteiger charge is 2.58. The molecular weight excluding hydrogens is 452 g/mol. The Bertz CT molecular complexity index is 1000. The molecule has 0 bridgehead atoms. The molecule has 0 N–H and O–H groups in total. The molecule has 2 unspecified atom stereocenters. The summed E-state index contributed by atoms with van der Waals surface area (Å²) in [4.78, 5) is 46.3. The smallest absolute Gasteiger partial charge is 0.311 e. The minimum atomic E-state index is -0.839. The molecule has 4 rings (SSSR count). The van der Waals surface area contributed by atoms with E-state index in [1.807, 2.05) is 42.5 Å². The topological polar surface area (TPSA) is 98.5 Å². The van der Waals surface area contributed by atoms with E-state index in [4.69, 9.17) is 18.7 Å². The summed E-state index contributed by atoms with van der Waals surface area (Å²) in [6.45, 7) is 1.33. The first kappa shape index (κ1) is 24.9. The Hall–Kier alpha value is -3.17. The van der Waals surface area contributed by atoms with Crippen molar-refractivity contribution in [2.45, 2.75) is 37.1 Å². The van der Waals surface area contributed by atoms with E-state index in [2.05, 4.69) is 0 Å². The standard InChI is InChI=1S/C26H32N2O7/c1-32-15-16-35-28-24(30)18-21(25(31)33-2)26(28)10-12-27(13-11-26)23(29)17-20(22-9-6-14-34-22)19-7-4-3-5-8-19/h3-9,14,20-21H,10-13,15-18H2,1-2H3. The van der Waals surface area contributed by atoms with Crippen LogP contribution in [0, 0.1) is 5.92 Å². The van der Waals surface area contributed by atoms with Gasteiger partial charge in [-0.15, -0.1) is 0 Å². The Morgan fingerprint density at radius 1 is 1.09 bits per heavy atom. The monoisotopic (exact) mass is 484 g/mol. The van der Waals surface area contributed by atoms with Crippen molar-refractivity contribution in [3.05, 3.63) is 60.1 Å². The summed E-state index contributed by atoms with van der Waals surface area (Å²) < 4.78 is 15.7. The van der Waals surface area contributed by atoms with Gasteiger partial charge in [0, 0.05) is 33.0 Å². The van der Waals surface area contributed by atoms with E-state index in [9.17, 15) is 14.4 Å². The van der Waals surface area contributed by atoms with Crippen molar-refractivity contribution in [3.63, 3.8) is 0 Å². The second kappa shape index (κ2) is 11.0. The number of benzene rings is 1. The first-order valence-electron chi connectivity index (χ1n) is 11.9. The quantitative estimate of drug-likeness (QED) is 0.399. The van der Waals surface area contributed by atoms with Crippen LogP contribution in [0.15, 0.2) is 53.1 Å². The van der Waals surface area contributed by atoms with Crippen molar-refractivity contribution in [3.8, 4) is 0 Å². The summed E-state index contributed by atoms with van der Waals surface area (Å²) >= 11 is 0. The Balaban J connectivity index is 1.48. The average Bonchev–Trinajstić information content (AvgIpc) is 3.51. The minimum absolute atomic E-state index is 0.00380. The van der Waals surface area contributed by atoms with Crippen LogP contribution in [0.1, 0.15) is 42.9 Å².